The molecular weight excluding hydrogens is 390 g/mol. The number of nitrogens with one attached hydrogen (secondary N) is 2. The second-order valence-electron chi connectivity index (χ2n) is 7.30. The number of piperidine rings is 1. The average molecular weight is 416 g/mol. The van der Waals surface area contributed by atoms with Gasteiger partial charge in [0, 0.05) is 17.3 Å². The Morgan fingerprint density at radius 1 is 1.07 bits per heavy atom. The Balaban J connectivity index is 1.44. The Hall–Kier alpha value is -2.57. The lowest BCUT2D eigenvalue weighted by atomic mass is 9.96. The molecule has 1 saturated heterocycles. The van der Waals surface area contributed by atoms with Gasteiger partial charge in [-0.15, -0.1) is 0 Å². The van der Waals surface area contributed by atoms with Crippen molar-refractivity contribution >= 4 is 34.8 Å². The van der Waals surface area contributed by atoms with Crippen LogP contribution in [-0.2, 0) is 9.59 Å². The minimum atomic E-state index is -0.0766. The number of carbonyl (C=O) groups excluding carboxylic acids is 2. The maximum Gasteiger partial charge on any atom is 0.238 e. The first-order valence-corrected chi connectivity index (χ1v) is 10.1. The fraction of sp³-hybridized carbons (Fsp3) is 0.364. The molecule has 2 aromatic carbocycles. The van der Waals surface area contributed by atoms with E-state index in [1.165, 1.54) is 0 Å². The lowest BCUT2D eigenvalue weighted by molar-refractivity contribution is -0.121. The van der Waals surface area contributed by atoms with Crippen LogP contribution < -0.4 is 15.4 Å². The average Bonchev–Trinajstić information content (AvgIpc) is 2.70. The highest BCUT2D eigenvalue weighted by atomic mass is 35.5. The summed E-state index contributed by atoms with van der Waals surface area (Å²) in [5, 5.41) is 6.29. The SMILES string of the molecule is COc1ccc(NC(=O)C2CCN(CC(=O)Nc3ccc(C)cc3)CC2)cc1Cl. The van der Waals surface area contributed by atoms with Crippen molar-refractivity contribution < 1.29 is 14.3 Å². The van der Waals surface area contributed by atoms with Gasteiger partial charge < -0.3 is 15.4 Å². The lowest BCUT2D eigenvalue weighted by Crippen LogP contribution is -2.41. The summed E-state index contributed by atoms with van der Waals surface area (Å²) in [6.45, 7) is 3.76. The van der Waals surface area contributed by atoms with E-state index >= 15 is 0 Å². The number of hydrogen-bond donors (Lipinski definition) is 2. The molecular formula is C22H26ClN3O3. The predicted molar refractivity (Wildman–Crippen MR) is 116 cm³/mol. The maximum atomic E-state index is 12.5. The molecule has 0 aliphatic carbocycles. The Kier molecular flexibility index (Phi) is 7.12. The van der Waals surface area contributed by atoms with E-state index in [4.69, 9.17) is 16.3 Å². The van der Waals surface area contributed by atoms with Gasteiger partial charge in [0.2, 0.25) is 11.8 Å². The van der Waals surface area contributed by atoms with Crippen LogP contribution in [0.25, 0.3) is 0 Å². The number of methoxy groups -OCH3 is 1. The monoisotopic (exact) mass is 415 g/mol. The normalized spacial score (nSPS) is 15.0. The number of hydrogen-bond acceptors (Lipinski definition) is 4. The third-order valence-corrected chi connectivity index (χ3v) is 5.38. The number of carbonyl (C=O) groups is 2. The smallest absolute Gasteiger partial charge is 0.238 e. The van der Waals surface area contributed by atoms with Crippen LogP contribution in [0.2, 0.25) is 5.02 Å². The Bertz CT molecular complexity index is 862. The summed E-state index contributed by atoms with van der Waals surface area (Å²) in [5.74, 6) is 0.439. The van der Waals surface area contributed by atoms with Crippen molar-refractivity contribution in [1.82, 2.24) is 4.90 Å². The minimum Gasteiger partial charge on any atom is -0.495 e. The Labute approximate surface area is 176 Å². The number of nitrogens with zero attached hydrogens (tertiary/aromatic N) is 1. The number of benzene rings is 2. The van der Waals surface area contributed by atoms with Crippen molar-refractivity contribution in [3.8, 4) is 5.75 Å². The van der Waals surface area contributed by atoms with Gasteiger partial charge in [0.25, 0.3) is 0 Å². The van der Waals surface area contributed by atoms with Gasteiger partial charge in [0.15, 0.2) is 0 Å². The second-order valence-corrected chi connectivity index (χ2v) is 7.71. The molecule has 3 rings (SSSR count). The van der Waals surface area contributed by atoms with Crippen LogP contribution in [-0.4, -0.2) is 43.5 Å². The fourth-order valence-corrected chi connectivity index (χ4v) is 3.64. The van der Waals surface area contributed by atoms with Gasteiger partial charge in [-0.2, -0.15) is 0 Å². The highest BCUT2D eigenvalue weighted by molar-refractivity contribution is 6.32. The highest BCUT2D eigenvalue weighted by Gasteiger charge is 2.26. The van der Waals surface area contributed by atoms with Crippen LogP contribution in [0.5, 0.6) is 5.75 Å². The topological polar surface area (TPSA) is 70.7 Å². The van der Waals surface area contributed by atoms with E-state index in [0.29, 0.717) is 48.9 Å². The summed E-state index contributed by atoms with van der Waals surface area (Å²) in [6, 6.07) is 12.9. The third kappa shape index (κ3) is 5.95. The summed E-state index contributed by atoms with van der Waals surface area (Å²) in [5.41, 5.74) is 2.61. The van der Waals surface area contributed by atoms with Gasteiger partial charge in [-0.05, 0) is 63.2 Å². The minimum absolute atomic E-state index is 0.0185. The number of anilines is 2. The molecule has 0 aromatic heterocycles. The number of rotatable bonds is 6. The van der Waals surface area contributed by atoms with E-state index in [9.17, 15) is 9.59 Å². The first kappa shape index (κ1) is 21.1. The zero-order valence-electron chi connectivity index (χ0n) is 16.7. The molecule has 1 aliphatic rings. The van der Waals surface area contributed by atoms with Gasteiger partial charge in [-0.3, -0.25) is 14.5 Å². The first-order valence-electron chi connectivity index (χ1n) is 9.68. The number of amides is 2. The molecule has 2 N–H and O–H groups in total. The van der Waals surface area contributed by atoms with Crippen molar-refractivity contribution in [3.05, 3.63) is 53.1 Å². The number of halogens is 1. The molecule has 0 radical (unpaired) electrons. The zero-order chi connectivity index (χ0) is 20.8. The summed E-state index contributed by atoms with van der Waals surface area (Å²) in [7, 11) is 1.55. The second kappa shape index (κ2) is 9.76. The van der Waals surface area contributed by atoms with Gasteiger partial charge in [0.05, 0.1) is 18.7 Å². The molecule has 0 spiro atoms. The van der Waals surface area contributed by atoms with Crippen molar-refractivity contribution in [2.75, 3.05) is 37.4 Å². The van der Waals surface area contributed by atoms with Crippen LogP contribution >= 0.6 is 11.6 Å². The number of aryl methyl sites for hydroxylation is 1. The molecule has 1 heterocycles. The number of ether oxygens (including phenoxy) is 1. The largest absolute Gasteiger partial charge is 0.495 e. The number of likely N-dealkylation sites (tertiary alicyclic amines) is 1. The molecule has 2 aromatic rings. The van der Waals surface area contributed by atoms with E-state index in [1.807, 2.05) is 31.2 Å². The van der Waals surface area contributed by atoms with Crippen molar-refractivity contribution in [3.63, 3.8) is 0 Å². The molecule has 0 unspecified atom stereocenters. The fourth-order valence-electron chi connectivity index (χ4n) is 3.38. The van der Waals surface area contributed by atoms with Crippen LogP contribution in [0.15, 0.2) is 42.5 Å². The predicted octanol–water partition coefficient (Wildman–Crippen LogP) is 3.95. The summed E-state index contributed by atoms with van der Waals surface area (Å²) >= 11 is 6.11. The van der Waals surface area contributed by atoms with Gasteiger partial charge >= 0.3 is 0 Å². The summed E-state index contributed by atoms with van der Waals surface area (Å²) in [4.78, 5) is 26.9. The van der Waals surface area contributed by atoms with Gasteiger partial charge in [0.1, 0.15) is 5.75 Å². The molecule has 7 heteroatoms. The van der Waals surface area contributed by atoms with E-state index in [0.717, 1.165) is 11.3 Å². The standard InChI is InChI=1S/C22H26ClN3O3/c1-15-3-5-17(6-4-15)24-21(27)14-26-11-9-16(10-12-26)22(28)25-18-7-8-20(29-2)19(23)13-18/h3-8,13,16H,9-12,14H2,1-2H3,(H,24,27)(H,25,28). The summed E-state index contributed by atoms with van der Waals surface area (Å²) < 4.78 is 5.12. The first-order chi connectivity index (χ1) is 13.9. The van der Waals surface area contributed by atoms with Crippen molar-refractivity contribution in [2.45, 2.75) is 19.8 Å². The molecule has 1 aliphatic heterocycles. The van der Waals surface area contributed by atoms with Gasteiger partial charge in [-0.25, -0.2) is 0 Å². The molecule has 0 atom stereocenters. The van der Waals surface area contributed by atoms with E-state index in [-0.39, 0.29) is 17.7 Å². The molecule has 6 nitrogen and oxygen atoms in total. The Morgan fingerprint density at radius 2 is 1.72 bits per heavy atom. The molecule has 154 valence electrons. The van der Waals surface area contributed by atoms with E-state index in [1.54, 1.807) is 25.3 Å². The third-order valence-electron chi connectivity index (χ3n) is 5.08. The molecule has 0 saturated carbocycles. The molecule has 1 fully saturated rings. The molecule has 2 amide bonds. The van der Waals surface area contributed by atoms with Crippen molar-refractivity contribution in [2.24, 2.45) is 5.92 Å². The van der Waals surface area contributed by atoms with E-state index in [2.05, 4.69) is 15.5 Å². The quantitative estimate of drug-likeness (QED) is 0.749. The molecule has 0 bridgehead atoms. The Morgan fingerprint density at radius 3 is 2.34 bits per heavy atom. The van der Waals surface area contributed by atoms with Crippen LogP contribution in [0.1, 0.15) is 18.4 Å². The summed E-state index contributed by atoms with van der Waals surface area (Å²) in [6.07, 6.45) is 1.43. The zero-order valence-corrected chi connectivity index (χ0v) is 17.5. The van der Waals surface area contributed by atoms with Gasteiger partial charge in [-0.1, -0.05) is 29.3 Å². The van der Waals surface area contributed by atoms with E-state index < -0.39 is 0 Å². The lowest BCUT2D eigenvalue weighted by Gasteiger charge is -2.30. The maximum absolute atomic E-state index is 12.5. The van der Waals surface area contributed by atoms with Crippen LogP contribution in [0, 0.1) is 12.8 Å². The van der Waals surface area contributed by atoms with Crippen molar-refractivity contribution in [1.29, 1.82) is 0 Å². The van der Waals surface area contributed by atoms with Crippen LogP contribution in [0.3, 0.4) is 0 Å². The molecule has 29 heavy (non-hydrogen) atoms. The van der Waals surface area contributed by atoms with Crippen LogP contribution in [0.4, 0.5) is 11.4 Å². The highest BCUT2D eigenvalue weighted by Crippen LogP contribution is 2.28.